The Morgan fingerprint density at radius 2 is 2.30 bits per heavy atom. The Labute approximate surface area is 120 Å². The van der Waals surface area contributed by atoms with E-state index in [1.807, 2.05) is 37.8 Å². The van der Waals surface area contributed by atoms with Gasteiger partial charge in [0.15, 0.2) is 0 Å². The molecular weight excluding hydrogens is 254 g/mol. The summed E-state index contributed by atoms with van der Waals surface area (Å²) in [4.78, 5) is 14.0. The average molecular weight is 277 g/mol. The van der Waals surface area contributed by atoms with E-state index in [-0.39, 0.29) is 18.0 Å². The lowest BCUT2D eigenvalue weighted by atomic mass is 10.0. The molecule has 5 heteroatoms. The van der Waals surface area contributed by atoms with Crippen molar-refractivity contribution in [1.82, 2.24) is 10.2 Å². The van der Waals surface area contributed by atoms with E-state index < -0.39 is 0 Å². The van der Waals surface area contributed by atoms with Crippen LogP contribution in [0.5, 0.6) is 0 Å². The maximum absolute atomic E-state index is 12.1. The van der Waals surface area contributed by atoms with Crippen molar-refractivity contribution in [2.75, 3.05) is 13.1 Å². The number of nitrogens with zero attached hydrogens (tertiary/aromatic N) is 2. The van der Waals surface area contributed by atoms with Gasteiger partial charge >= 0.3 is 0 Å². The molecular formula is C15H23N3O2. The summed E-state index contributed by atoms with van der Waals surface area (Å²) in [5.74, 6) is 0.770. The second-order valence-corrected chi connectivity index (χ2v) is 5.48. The Morgan fingerprint density at radius 1 is 1.55 bits per heavy atom. The predicted octanol–water partition coefficient (Wildman–Crippen LogP) is 2.30. The summed E-state index contributed by atoms with van der Waals surface area (Å²) >= 11 is 0. The Morgan fingerprint density at radius 3 is 2.85 bits per heavy atom. The molecule has 0 atom stereocenters. The first-order valence-electron chi connectivity index (χ1n) is 6.89. The zero-order chi connectivity index (χ0) is 15.0. The number of nitrogens with one attached hydrogen (secondary N) is 1. The number of hydrogen-bond donors (Lipinski definition) is 1. The van der Waals surface area contributed by atoms with Crippen LogP contribution in [0, 0.1) is 11.3 Å². The molecule has 110 valence electrons. The molecule has 0 saturated heterocycles. The highest BCUT2D eigenvalue weighted by Gasteiger charge is 2.20. The van der Waals surface area contributed by atoms with Gasteiger partial charge in [-0.2, -0.15) is 5.26 Å². The minimum Gasteiger partial charge on any atom is -0.468 e. The van der Waals surface area contributed by atoms with Crippen LogP contribution in [0.1, 0.15) is 39.4 Å². The van der Waals surface area contributed by atoms with Crippen molar-refractivity contribution < 1.29 is 9.21 Å². The maximum atomic E-state index is 12.1. The van der Waals surface area contributed by atoms with Gasteiger partial charge in [-0.3, -0.25) is 9.69 Å². The summed E-state index contributed by atoms with van der Waals surface area (Å²) in [5.41, 5.74) is -0.206. The van der Waals surface area contributed by atoms with Gasteiger partial charge in [0.05, 0.1) is 25.4 Å². The van der Waals surface area contributed by atoms with E-state index in [1.54, 1.807) is 6.26 Å². The molecule has 5 nitrogen and oxygen atoms in total. The molecule has 0 aromatic carbocycles. The minimum atomic E-state index is -0.206. The van der Waals surface area contributed by atoms with Crippen molar-refractivity contribution in [1.29, 1.82) is 5.26 Å². The molecule has 0 fully saturated rings. The van der Waals surface area contributed by atoms with E-state index in [0.717, 1.165) is 12.2 Å². The van der Waals surface area contributed by atoms with Crippen molar-refractivity contribution in [2.45, 2.75) is 45.7 Å². The fourth-order valence-corrected chi connectivity index (χ4v) is 1.75. The van der Waals surface area contributed by atoms with Crippen LogP contribution in [-0.2, 0) is 11.3 Å². The summed E-state index contributed by atoms with van der Waals surface area (Å²) in [6.45, 7) is 7.39. The number of carbonyl (C=O) groups excluding carboxylic acids is 1. The van der Waals surface area contributed by atoms with Crippen LogP contribution >= 0.6 is 0 Å². The molecule has 0 aliphatic carbocycles. The van der Waals surface area contributed by atoms with Crippen molar-refractivity contribution in [3.8, 4) is 6.07 Å². The fourth-order valence-electron chi connectivity index (χ4n) is 1.75. The molecule has 0 unspecified atom stereocenters. The second kappa shape index (κ2) is 7.71. The van der Waals surface area contributed by atoms with Crippen LogP contribution < -0.4 is 5.32 Å². The first kappa shape index (κ1) is 16.3. The molecule has 1 N–H and O–H groups in total. The van der Waals surface area contributed by atoms with E-state index in [1.165, 1.54) is 0 Å². The highest BCUT2D eigenvalue weighted by molar-refractivity contribution is 5.78. The number of amides is 1. The molecule has 1 rings (SSSR count). The summed E-state index contributed by atoms with van der Waals surface area (Å²) in [5, 5.41) is 11.7. The monoisotopic (exact) mass is 277 g/mol. The van der Waals surface area contributed by atoms with Gasteiger partial charge in [-0.15, -0.1) is 0 Å². The Bertz CT molecular complexity index is 446. The van der Waals surface area contributed by atoms with Gasteiger partial charge in [0.2, 0.25) is 5.91 Å². The van der Waals surface area contributed by atoms with Crippen LogP contribution in [0.15, 0.2) is 22.8 Å². The van der Waals surface area contributed by atoms with E-state index in [9.17, 15) is 4.79 Å². The number of nitriles is 1. The number of rotatable bonds is 8. The molecule has 0 spiro atoms. The second-order valence-electron chi connectivity index (χ2n) is 5.48. The van der Waals surface area contributed by atoms with Gasteiger partial charge in [-0.1, -0.05) is 6.92 Å². The van der Waals surface area contributed by atoms with Gasteiger partial charge in [0, 0.05) is 18.5 Å². The normalized spacial score (nSPS) is 11.3. The summed E-state index contributed by atoms with van der Waals surface area (Å²) in [6.07, 6.45) is 2.87. The highest BCUT2D eigenvalue weighted by atomic mass is 16.3. The predicted molar refractivity (Wildman–Crippen MR) is 76.7 cm³/mol. The smallest absolute Gasteiger partial charge is 0.234 e. The minimum absolute atomic E-state index is 0.0265. The molecule has 1 amide bonds. The summed E-state index contributed by atoms with van der Waals surface area (Å²) in [6, 6.07) is 5.79. The van der Waals surface area contributed by atoms with Crippen LogP contribution in [0.4, 0.5) is 0 Å². The third-order valence-corrected chi connectivity index (χ3v) is 3.23. The quantitative estimate of drug-likeness (QED) is 0.791. The summed E-state index contributed by atoms with van der Waals surface area (Å²) in [7, 11) is 0. The SMILES string of the molecule is CCC(C)(C)NC(=O)CN(CCC#N)Cc1ccco1. The average Bonchev–Trinajstić information content (AvgIpc) is 2.88. The van der Waals surface area contributed by atoms with Crippen molar-refractivity contribution in [3.05, 3.63) is 24.2 Å². The molecule has 0 saturated carbocycles. The van der Waals surface area contributed by atoms with Crippen molar-refractivity contribution in [3.63, 3.8) is 0 Å². The third-order valence-electron chi connectivity index (χ3n) is 3.23. The van der Waals surface area contributed by atoms with E-state index in [2.05, 4.69) is 11.4 Å². The largest absolute Gasteiger partial charge is 0.468 e. The van der Waals surface area contributed by atoms with E-state index in [0.29, 0.717) is 19.5 Å². The molecule has 1 aromatic heterocycles. The number of carbonyl (C=O) groups is 1. The Kier molecular flexibility index (Phi) is 6.26. The molecule has 1 heterocycles. The summed E-state index contributed by atoms with van der Waals surface area (Å²) < 4.78 is 5.29. The van der Waals surface area contributed by atoms with Gasteiger partial charge in [0.25, 0.3) is 0 Å². The van der Waals surface area contributed by atoms with Crippen LogP contribution in [-0.4, -0.2) is 29.4 Å². The molecule has 0 aliphatic heterocycles. The highest BCUT2D eigenvalue weighted by Crippen LogP contribution is 2.08. The van der Waals surface area contributed by atoms with E-state index in [4.69, 9.17) is 9.68 Å². The van der Waals surface area contributed by atoms with Gasteiger partial charge in [-0.05, 0) is 32.4 Å². The van der Waals surface area contributed by atoms with E-state index >= 15 is 0 Å². The van der Waals surface area contributed by atoms with Gasteiger partial charge < -0.3 is 9.73 Å². The van der Waals surface area contributed by atoms with Crippen molar-refractivity contribution >= 4 is 5.91 Å². The molecule has 0 bridgehead atoms. The van der Waals surface area contributed by atoms with Gasteiger partial charge in [0.1, 0.15) is 5.76 Å². The molecule has 20 heavy (non-hydrogen) atoms. The van der Waals surface area contributed by atoms with Crippen LogP contribution in [0.25, 0.3) is 0 Å². The lowest BCUT2D eigenvalue weighted by molar-refractivity contribution is -0.124. The lowest BCUT2D eigenvalue weighted by Gasteiger charge is -2.27. The molecule has 1 aromatic rings. The Hall–Kier alpha value is -1.80. The third kappa shape index (κ3) is 5.89. The molecule has 0 radical (unpaired) electrons. The van der Waals surface area contributed by atoms with Crippen LogP contribution in [0.3, 0.4) is 0 Å². The molecule has 0 aliphatic rings. The van der Waals surface area contributed by atoms with Crippen molar-refractivity contribution in [2.24, 2.45) is 0 Å². The van der Waals surface area contributed by atoms with Gasteiger partial charge in [-0.25, -0.2) is 0 Å². The first-order valence-corrected chi connectivity index (χ1v) is 6.89. The zero-order valence-electron chi connectivity index (χ0n) is 12.5. The fraction of sp³-hybridized carbons (Fsp3) is 0.600. The number of furan rings is 1. The first-order chi connectivity index (χ1) is 9.46. The lowest BCUT2D eigenvalue weighted by Crippen LogP contribution is -2.47. The standard InChI is InChI=1S/C15H23N3O2/c1-4-15(2,3)17-14(19)12-18(9-6-8-16)11-13-7-5-10-20-13/h5,7,10H,4,6,9,11-12H2,1-3H3,(H,17,19). The van der Waals surface area contributed by atoms with Crippen LogP contribution in [0.2, 0.25) is 0 Å². The zero-order valence-corrected chi connectivity index (χ0v) is 12.5. The topological polar surface area (TPSA) is 69.3 Å². The maximum Gasteiger partial charge on any atom is 0.234 e. The Balaban J connectivity index is 2.55. The number of hydrogen-bond acceptors (Lipinski definition) is 4.